The van der Waals surface area contributed by atoms with Crippen molar-refractivity contribution >= 4 is 33.5 Å². The van der Waals surface area contributed by atoms with Crippen molar-refractivity contribution in [1.29, 1.82) is 0 Å². The second-order valence-electron chi connectivity index (χ2n) is 5.67. The lowest BCUT2D eigenvalue weighted by Gasteiger charge is -2.14. The molecule has 150 valence electrons. The minimum atomic E-state index is -5.08. The van der Waals surface area contributed by atoms with Crippen LogP contribution < -0.4 is 5.32 Å². The summed E-state index contributed by atoms with van der Waals surface area (Å²) in [5.41, 5.74) is 3.05. The number of aryl methyl sites for hydroxylation is 1. The van der Waals surface area contributed by atoms with E-state index in [-0.39, 0.29) is 12.5 Å². The van der Waals surface area contributed by atoms with Crippen molar-refractivity contribution < 1.29 is 33.0 Å². The van der Waals surface area contributed by atoms with Gasteiger partial charge in [-0.1, -0.05) is 6.92 Å². The number of hydrogen-bond acceptors (Lipinski definition) is 4. The number of imidazole rings is 1. The molecular formula is C16H19BrF3N3O4. The zero-order valence-electron chi connectivity index (χ0n) is 14.5. The number of halogens is 4. The molecule has 0 aliphatic heterocycles. The highest BCUT2D eigenvalue weighted by Gasteiger charge is 2.38. The van der Waals surface area contributed by atoms with Gasteiger partial charge in [0.2, 0.25) is 0 Å². The molecule has 0 aliphatic carbocycles. The number of carboxylic acids is 2. The Morgan fingerprint density at radius 2 is 1.96 bits per heavy atom. The molecule has 0 saturated heterocycles. The molecule has 0 unspecified atom stereocenters. The third-order valence-corrected chi connectivity index (χ3v) is 3.99. The van der Waals surface area contributed by atoms with Crippen molar-refractivity contribution in [1.82, 2.24) is 14.7 Å². The van der Waals surface area contributed by atoms with Crippen LogP contribution in [0.5, 0.6) is 0 Å². The Kier molecular flexibility index (Phi) is 8.22. The molecule has 2 heterocycles. The number of aromatic nitrogens is 2. The standard InChI is InChI=1S/C14H18BrN3O2.C2HF3O2/c1-3-11(5-13(19)20)16-6-12-7-17-14-9(2)4-10(15)8-18(12)14;3-2(4,5)1(6)7/h4,7-8,11,16H,3,5-6H2,1-2H3,(H,19,20);(H,6,7)/t11-;/m0./s1. The molecule has 0 aliphatic rings. The van der Waals surface area contributed by atoms with Crippen LogP contribution in [0, 0.1) is 6.92 Å². The SMILES string of the molecule is CC[C@@H](CC(=O)O)NCc1cnc2c(C)cc(Br)cn12.O=C(O)C(F)(F)F. The quantitative estimate of drug-likeness (QED) is 0.619. The van der Waals surface area contributed by atoms with Crippen molar-refractivity contribution in [2.45, 2.75) is 45.5 Å². The average Bonchev–Trinajstić information content (AvgIpc) is 2.94. The molecule has 2 rings (SSSR count). The molecule has 3 N–H and O–H groups in total. The van der Waals surface area contributed by atoms with Crippen LogP contribution >= 0.6 is 15.9 Å². The summed E-state index contributed by atoms with van der Waals surface area (Å²) in [5, 5.41) is 19.3. The minimum absolute atomic E-state index is 0.0219. The van der Waals surface area contributed by atoms with Crippen molar-refractivity contribution in [3.63, 3.8) is 0 Å². The van der Waals surface area contributed by atoms with E-state index in [0.717, 1.165) is 27.8 Å². The number of pyridine rings is 1. The van der Waals surface area contributed by atoms with Crippen LogP contribution in [0.2, 0.25) is 0 Å². The summed E-state index contributed by atoms with van der Waals surface area (Å²) in [5.74, 6) is -3.53. The number of fused-ring (bicyclic) bond motifs is 1. The first-order valence-electron chi connectivity index (χ1n) is 7.83. The molecule has 0 fully saturated rings. The predicted octanol–water partition coefficient (Wildman–Crippen LogP) is 3.38. The number of alkyl halides is 3. The van der Waals surface area contributed by atoms with Crippen LogP contribution in [-0.2, 0) is 16.1 Å². The van der Waals surface area contributed by atoms with Crippen molar-refractivity contribution in [2.75, 3.05) is 0 Å². The first-order chi connectivity index (χ1) is 12.5. The van der Waals surface area contributed by atoms with E-state index in [1.807, 2.05) is 36.7 Å². The van der Waals surface area contributed by atoms with E-state index in [9.17, 15) is 18.0 Å². The third-order valence-electron chi connectivity index (χ3n) is 3.56. The van der Waals surface area contributed by atoms with Gasteiger partial charge in [-0.15, -0.1) is 0 Å². The first-order valence-corrected chi connectivity index (χ1v) is 8.62. The summed E-state index contributed by atoms with van der Waals surface area (Å²) in [6, 6.07) is 2.00. The number of hydrogen-bond donors (Lipinski definition) is 3. The molecule has 0 aromatic carbocycles. The first kappa shape index (κ1) is 22.9. The van der Waals surface area contributed by atoms with Crippen LogP contribution in [0.25, 0.3) is 5.65 Å². The number of aliphatic carboxylic acids is 2. The summed E-state index contributed by atoms with van der Waals surface area (Å²) in [6.07, 6.45) is -0.360. The lowest BCUT2D eigenvalue weighted by atomic mass is 10.1. The number of carbonyl (C=O) groups is 2. The van der Waals surface area contributed by atoms with Gasteiger partial charge < -0.3 is 19.9 Å². The van der Waals surface area contributed by atoms with E-state index in [1.165, 1.54) is 0 Å². The largest absolute Gasteiger partial charge is 0.490 e. The summed E-state index contributed by atoms with van der Waals surface area (Å²) in [7, 11) is 0. The number of carboxylic acid groups (broad SMARTS) is 2. The topological polar surface area (TPSA) is 104 Å². The fourth-order valence-corrected chi connectivity index (χ4v) is 2.76. The maximum atomic E-state index is 10.8. The van der Waals surface area contributed by atoms with E-state index < -0.39 is 18.1 Å². The van der Waals surface area contributed by atoms with Gasteiger partial charge in [0.05, 0.1) is 18.3 Å². The molecule has 0 bridgehead atoms. The Labute approximate surface area is 161 Å². The van der Waals surface area contributed by atoms with E-state index >= 15 is 0 Å². The highest BCUT2D eigenvalue weighted by molar-refractivity contribution is 9.10. The Hall–Kier alpha value is -2.14. The maximum Gasteiger partial charge on any atom is 0.490 e. The molecule has 0 amide bonds. The van der Waals surface area contributed by atoms with E-state index in [4.69, 9.17) is 15.0 Å². The lowest BCUT2D eigenvalue weighted by Crippen LogP contribution is -2.30. The zero-order chi connectivity index (χ0) is 20.8. The van der Waals surface area contributed by atoms with Crippen LogP contribution in [0.15, 0.2) is 22.9 Å². The number of rotatable bonds is 6. The molecule has 0 radical (unpaired) electrons. The van der Waals surface area contributed by atoms with Crippen LogP contribution in [0.4, 0.5) is 13.2 Å². The summed E-state index contributed by atoms with van der Waals surface area (Å²) in [4.78, 5) is 24.1. The van der Waals surface area contributed by atoms with Gasteiger partial charge in [-0.05, 0) is 40.9 Å². The number of nitrogens with one attached hydrogen (secondary N) is 1. The normalized spacial score (nSPS) is 12.4. The molecule has 27 heavy (non-hydrogen) atoms. The molecule has 0 spiro atoms. The van der Waals surface area contributed by atoms with Gasteiger partial charge in [-0.25, -0.2) is 9.78 Å². The molecule has 2 aromatic heterocycles. The molecular weight excluding hydrogens is 435 g/mol. The molecule has 11 heteroatoms. The van der Waals surface area contributed by atoms with Gasteiger partial charge in [0.1, 0.15) is 5.65 Å². The van der Waals surface area contributed by atoms with Crippen molar-refractivity contribution in [2.24, 2.45) is 0 Å². The minimum Gasteiger partial charge on any atom is -0.481 e. The fraction of sp³-hybridized carbons (Fsp3) is 0.438. The second kappa shape index (κ2) is 9.70. The summed E-state index contributed by atoms with van der Waals surface area (Å²) < 4.78 is 34.8. The number of nitrogens with zero attached hydrogens (tertiary/aromatic N) is 2. The van der Waals surface area contributed by atoms with E-state index in [1.54, 1.807) is 0 Å². The van der Waals surface area contributed by atoms with Gasteiger partial charge in [-0.2, -0.15) is 13.2 Å². The van der Waals surface area contributed by atoms with Crippen LogP contribution in [0.1, 0.15) is 31.0 Å². The molecule has 1 atom stereocenters. The molecule has 7 nitrogen and oxygen atoms in total. The zero-order valence-corrected chi connectivity index (χ0v) is 16.1. The third kappa shape index (κ3) is 7.18. The Morgan fingerprint density at radius 3 is 2.44 bits per heavy atom. The van der Waals surface area contributed by atoms with Gasteiger partial charge in [-0.3, -0.25) is 4.79 Å². The van der Waals surface area contributed by atoms with Gasteiger partial charge >= 0.3 is 18.1 Å². The summed E-state index contributed by atoms with van der Waals surface area (Å²) >= 11 is 3.48. The second-order valence-corrected chi connectivity index (χ2v) is 6.59. The fourth-order valence-electron chi connectivity index (χ4n) is 2.22. The monoisotopic (exact) mass is 453 g/mol. The van der Waals surface area contributed by atoms with Crippen LogP contribution in [-0.4, -0.2) is 43.8 Å². The van der Waals surface area contributed by atoms with Gasteiger partial charge in [0, 0.05) is 23.3 Å². The lowest BCUT2D eigenvalue weighted by molar-refractivity contribution is -0.192. The smallest absolute Gasteiger partial charge is 0.481 e. The van der Waals surface area contributed by atoms with E-state index in [2.05, 4.69) is 26.2 Å². The highest BCUT2D eigenvalue weighted by atomic mass is 79.9. The predicted molar refractivity (Wildman–Crippen MR) is 94.5 cm³/mol. The van der Waals surface area contributed by atoms with Crippen molar-refractivity contribution in [3.8, 4) is 0 Å². The van der Waals surface area contributed by atoms with Crippen molar-refractivity contribution in [3.05, 3.63) is 34.2 Å². The van der Waals surface area contributed by atoms with E-state index in [0.29, 0.717) is 6.54 Å². The Bertz CT molecular complexity index is 808. The maximum absolute atomic E-state index is 10.8. The highest BCUT2D eigenvalue weighted by Crippen LogP contribution is 2.18. The van der Waals surface area contributed by atoms with Gasteiger partial charge in [0.15, 0.2) is 0 Å². The molecule has 2 aromatic rings. The summed E-state index contributed by atoms with van der Waals surface area (Å²) in [6.45, 7) is 4.60. The molecule has 0 saturated carbocycles. The average molecular weight is 454 g/mol. The van der Waals surface area contributed by atoms with Gasteiger partial charge in [0.25, 0.3) is 0 Å². The van der Waals surface area contributed by atoms with Crippen LogP contribution in [0.3, 0.4) is 0 Å². The Balaban J connectivity index is 0.000000445. The Morgan fingerprint density at radius 1 is 1.37 bits per heavy atom.